The second kappa shape index (κ2) is 10.1. The zero-order chi connectivity index (χ0) is 26.3. The molecule has 0 radical (unpaired) electrons. The van der Waals surface area contributed by atoms with Crippen molar-refractivity contribution in [2.24, 2.45) is 11.8 Å². The Labute approximate surface area is 222 Å². The van der Waals surface area contributed by atoms with Gasteiger partial charge >= 0.3 is 0 Å². The van der Waals surface area contributed by atoms with Crippen molar-refractivity contribution in [3.8, 4) is 0 Å². The average molecular weight is 521 g/mol. The zero-order valence-electron chi connectivity index (χ0n) is 21.9. The lowest BCUT2D eigenvalue weighted by Gasteiger charge is -2.33. The number of fused-ring (bicyclic) bond motifs is 2. The molecule has 3 fully saturated rings. The van der Waals surface area contributed by atoms with E-state index in [4.69, 9.17) is 4.74 Å². The molecule has 2 aromatic rings. The summed E-state index contributed by atoms with van der Waals surface area (Å²) in [6.45, 7) is 3.30. The number of amides is 3. The molecule has 2 aliphatic carbocycles. The monoisotopic (exact) mass is 520 g/mol. The number of nitrogens with zero attached hydrogens (tertiary/aromatic N) is 3. The maximum atomic E-state index is 13.7. The van der Waals surface area contributed by atoms with Gasteiger partial charge in [-0.15, -0.1) is 0 Å². The lowest BCUT2D eigenvalue weighted by atomic mass is 9.76. The molecule has 202 valence electrons. The van der Waals surface area contributed by atoms with Gasteiger partial charge in [0, 0.05) is 37.2 Å². The summed E-state index contributed by atoms with van der Waals surface area (Å²) < 4.78 is 7.28. The highest BCUT2D eigenvalue weighted by Gasteiger charge is 2.48. The quantitative estimate of drug-likeness (QED) is 0.534. The molecule has 3 N–H and O–H groups in total. The van der Waals surface area contributed by atoms with Crippen molar-refractivity contribution in [3.63, 3.8) is 0 Å². The van der Waals surface area contributed by atoms with E-state index in [0.29, 0.717) is 49.2 Å². The van der Waals surface area contributed by atoms with Crippen molar-refractivity contribution in [2.75, 3.05) is 23.8 Å². The van der Waals surface area contributed by atoms with Crippen LogP contribution in [0.15, 0.2) is 24.5 Å². The first-order valence-electron chi connectivity index (χ1n) is 14.0. The fourth-order valence-electron chi connectivity index (χ4n) is 6.44. The summed E-state index contributed by atoms with van der Waals surface area (Å²) in [6, 6.07) is 3.01. The number of pyridine rings is 1. The van der Waals surface area contributed by atoms with Crippen LogP contribution in [-0.4, -0.2) is 51.7 Å². The molecule has 3 amide bonds. The van der Waals surface area contributed by atoms with Gasteiger partial charge in [-0.2, -0.15) is 5.10 Å². The lowest BCUT2D eigenvalue weighted by molar-refractivity contribution is -0.124. The summed E-state index contributed by atoms with van der Waals surface area (Å²) in [5.74, 6) is 0.417. The molecule has 1 atom stereocenters. The summed E-state index contributed by atoms with van der Waals surface area (Å²) in [4.78, 5) is 44.4. The number of hydrogen-bond donors (Lipinski definition) is 3. The third-order valence-corrected chi connectivity index (χ3v) is 9.12. The lowest BCUT2D eigenvalue weighted by Crippen LogP contribution is -2.50. The average Bonchev–Trinajstić information content (AvgIpc) is 3.45. The largest absolute Gasteiger partial charge is 0.381 e. The fourth-order valence-corrected chi connectivity index (χ4v) is 6.44. The molecule has 1 spiro atoms. The van der Waals surface area contributed by atoms with E-state index in [0.717, 1.165) is 50.5 Å². The molecule has 10 heteroatoms. The fraction of sp³-hybridized carbons (Fsp3) is 0.607. The Balaban J connectivity index is 1.21. The van der Waals surface area contributed by atoms with Gasteiger partial charge < -0.3 is 20.7 Å². The van der Waals surface area contributed by atoms with Gasteiger partial charge in [-0.1, -0.05) is 19.8 Å². The highest BCUT2D eigenvalue weighted by atomic mass is 16.5. The number of carbonyl (C=O) groups excluding carboxylic acids is 3. The SMILES string of the molecule is C[C@H]1CC[C@H]([C@H](NC(=O)c2ccnn2C2CCC2)C(=O)Nc2cc3c(cn2)C2(CCOCC2)C(=O)N3)CC1. The molecule has 1 saturated heterocycles. The second-order valence-electron chi connectivity index (χ2n) is 11.5. The Morgan fingerprint density at radius 2 is 1.92 bits per heavy atom. The molecule has 2 aliphatic heterocycles. The maximum absolute atomic E-state index is 13.7. The summed E-state index contributed by atoms with van der Waals surface area (Å²) in [5.41, 5.74) is 1.43. The van der Waals surface area contributed by atoms with Gasteiger partial charge in [-0.25, -0.2) is 4.98 Å². The number of hydrogen-bond acceptors (Lipinski definition) is 6. The number of aromatic nitrogens is 3. The molecule has 2 saturated carbocycles. The first-order chi connectivity index (χ1) is 18.4. The van der Waals surface area contributed by atoms with Crippen molar-refractivity contribution in [1.29, 1.82) is 0 Å². The van der Waals surface area contributed by atoms with Crippen molar-refractivity contribution in [3.05, 3.63) is 35.8 Å². The second-order valence-corrected chi connectivity index (χ2v) is 11.5. The molecule has 0 bridgehead atoms. The van der Waals surface area contributed by atoms with Crippen molar-refractivity contribution < 1.29 is 19.1 Å². The van der Waals surface area contributed by atoms with Gasteiger partial charge in [0.25, 0.3) is 5.91 Å². The molecule has 6 rings (SSSR count). The minimum absolute atomic E-state index is 0.0365. The molecule has 0 unspecified atom stereocenters. The molecular weight excluding hydrogens is 484 g/mol. The van der Waals surface area contributed by atoms with Crippen LogP contribution in [0.5, 0.6) is 0 Å². The summed E-state index contributed by atoms with van der Waals surface area (Å²) in [7, 11) is 0. The van der Waals surface area contributed by atoms with Crippen LogP contribution in [0, 0.1) is 11.8 Å². The highest BCUT2D eigenvalue weighted by molar-refractivity contribution is 6.07. The minimum atomic E-state index is -0.689. The van der Waals surface area contributed by atoms with Gasteiger partial charge in [0.2, 0.25) is 11.8 Å². The zero-order valence-corrected chi connectivity index (χ0v) is 21.9. The standard InChI is InChI=1S/C28H36N6O4/c1-17-5-7-18(8-6-17)24(33-25(35)22-9-12-30-34(22)19-3-2-4-19)26(36)32-23-15-21-20(16-29-23)28(27(37)31-21)10-13-38-14-11-28/h9,12,15-19,24H,2-8,10-11,13-14H2,1H3,(H,31,37)(H,33,35)(H,29,32,36)/t17-,18-,24-/m0/s1. The highest BCUT2D eigenvalue weighted by Crippen LogP contribution is 2.44. The van der Waals surface area contributed by atoms with E-state index in [1.807, 2.05) is 0 Å². The number of nitrogens with one attached hydrogen (secondary N) is 3. The van der Waals surface area contributed by atoms with Crippen LogP contribution >= 0.6 is 0 Å². The topological polar surface area (TPSA) is 127 Å². The predicted octanol–water partition coefficient (Wildman–Crippen LogP) is 3.57. The van der Waals surface area contributed by atoms with Crippen LogP contribution < -0.4 is 16.0 Å². The van der Waals surface area contributed by atoms with Gasteiger partial charge in [-0.05, 0) is 62.8 Å². The van der Waals surface area contributed by atoms with E-state index >= 15 is 0 Å². The molecule has 4 aliphatic rings. The van der Waals surface area contributed by atoms with Crippen LogP contribution in [0.25, 0.3) is 0 Å². The van der Waals surface area contributed by atoms with Crippen LogP contribution in [0.2, 0.25) is 0 Å². The van der Waals surface area contributed by atoms with Gasteiger partial charge in [0.1, 0.15) is 17.6 Å². The number of carbonyl (C=O) groups is 3. The minimum Gasteiger partial charge on any atom is -0.381 e. The van der Waals surface area contributed by atoms with Crippen molar-refractivity contribution >= 4 is 29.2 Å². The van der Waals surface area contributed by atoms with Crippen molar-refractivity contribution in [1.82, 2.24) is 20.1 Å². The van der Waals surface area contributed by atoms with Gasteiger partial charge in [0.05, 0.1) is 17.1 Å². The normalized spacial score (nSPS) is 25.2. The summed E-state index contributed by atoms with van der Waals surface area (Å²) in [5, 5.41) is 13.3. The Morgan fingerprint density at radius 3 is 2.63 bits per heavy atom. The third-order valence-electron chi connectivity index (χ3n) is 9.12. The Bertz CT molecular complexity index is 1220. The Morgan fingerprint density at radius 1 is 1.16 bits per heavy atom. The van der Waals surface area contributed by atoms with Crippen molar-refractivity contribution in [2.45, 2.75) is 82.2 Å². The van der Waals surface area contributed by atoms with E-state index in [-0.39, 0.29) is 29.7 Å². The summed E-state index contributed by atoms with van der Waals surface area (Å²) >= 11 is 0. The molecular formula is C28H36N6O4. The predicted molar refractivity (Wildman–Crippen MR) is 141 cm³/mol. The van der Waals surface area contributed by atoms with E-state index in [1.54, 1.807) is 29.2 Å². The van der Waals surface area contributed by atoms with Crippen LogP contribution in [0.3, 0.4) is 0 Å². The number of anilines is 2. The van der Waals surface area contributed by atoms with E-state index in [1.165, 1.54) is 0 Å². The van der Waals surface area contributed by atoms with Crippen LogP contribution in [-0.2, 0) is 19.7 Å². The summed E-state index contributed by atoms with van der Waals surface area (Å²) in [6.07, 6.45) is 11.6. The number of rotatable bonds is 6. The maximum Gasteiger partial charge on any atom is 0.270 e. The third kappa shape index (κ3) is 4.48. The molecule has 38 heavy (non-hydrogen) atoms. The van der Waals surface area contributed by atoms with E-state index < -0.39 is 11.5 Å². The molecule has 0 aromatic carbocycles. The van der Waals surface area contributed by atoms with Crippen LogP contribution in [0.4, 0.5) is 11.5 Å². The first kappa shape index (κ1) is 25.0. The smallest absolute Gasteiger partial charge is 0.270 e. The van der Waals surface area contributed by atoms with Crippen LogP contribution in [0.1, 0.15) is 86.8 Å². The number of ether oxygens (including phenoxy) is 1. The van der Waals surface area contributed by atoms with Gasteiger partial charge in [0.15, 0.2) is 0 Å². The first-order valence-corrected chi connectivity index (χ1v) is 14.0. The van der Waals surface area contributed by atoms with Gasteiger partial charge in [-0.3, -0.25) is 19.1 Å². The molecule has 4 heterocycles. The molecule has 10 nitrogen and oxygen atoms in total. The molecule has 2 aromatic heterocycles. The Hall–Kier alpha value is -3.27. The van der Waals surface area contributed by atoms with E-state index in [2.05, 4.69) is 33.0 Å². The Kier molecular flexibility index (Phi) is 6.67. The van der Waals surface area contributed by atoms with E-state index in [9.17, 15) is 14.4 Å².